The van der Waals surface area contributed by atoms with Gasteiger partial charge in [0, 0.05) is 11.8 Å². The summed E-state index contributed by atoms with van der Waals surface area (Å²) in [7, 11) is -5.61. The van der Waals surface area contributed by atoms with Crippen LogP contribution < -0.4 is 32.6 Å². The molecule has 0 aromatic heterocycles. The van der Waals surface area contributed by atoms with Gasteiger partial charge >= 0.3 is 36.9 Å². The molecule has 0 spiro atoms. The van der Waals surface area contributed by atoms with Gasteiger partial charge in [-0.3, -0.25) is 4.79 Å². The van der Waals surface area contributed by atoms with Gasteiger partial charge in [-0.2, -0.15) is 0 Å². The minimum atomic E-state index is -4.33. The van der Waals surface area contributed by atoms with Crippen LogP contribution in [0.4, 0.5) is 28.8 Å². The average Bonchev–Trinajstić information content (AvgIpc) is 1.55. The third kappa shape index (κ3) is 30.8. The Bertz CT molecular complexity index is 3920. The van der Waals surface area contributed by atoms with Crippen LogP contribution in [0.2, 0.25) is 0 Å². The highest BCUT2D eigenvalue weighted by atomic mass is 32.2. The van der Waals surface area contributed by atoms with Gasteiger partial charge in [0.25, 0.3) is 0 Å². The smallest absolute Gasteiger partial charge is 0.514 e. The highest BCUT2D eigenvalue weighted by Crippen LogP contribution is 2.64. The molecule has 2 aliphatic rings. The predicted molar refractivity (Wildman–Crippen MR) is 418 cm³/mol. The topological polar surface area (TPSA) is 337 Å². The summed E-state index contributed by atoms with van der Waals surface area (Å²) in [5.74, 6) is 2.08. The Morgan fingerprint density at radius 1 is 0.393 bits per heavy atom. The number of hydrogen-bond donors (Lipinski definition) is 0. The Kier molecular flexibility index (Phi) is 30.8. The first-order valence-electron chi connectivity index (χ1n) is 35.5. The van der Waals surface area contributed by atoms with E-state index in [1.807, 2.05) is 93.6 Å². The number of carbonyl (C=O) groups is 7. The molecule has 0 heterocycles. The maximum absolute atomic E-state index is 12.1. The van der Waals surface area contributed by atoms with Crippen molar-refractivity contribution in [2.75, 3.05) is 5.75 Å². The molecule has 25 nitrogen and oxygen atoms in total. The largest absolute Gasteiger partial charge is 0.748 e. The molecular formula is C83H100O25S4. The lowest BCUT2D eigenvalue weighted by Crippen LogP contribution is -2.42. The van der Waals surface area contributed by atoms with Crippen molar-refractivity contribution in [2.45, 2.75) is 228 Å². The van der Waals surface area contributed by atoms with Crippen molar-refractivity contribution < 1.29 is 116 Å². The van der Waals surface area contributed by atoms with Gasteiger partial charge in [-0.1, -0.05) is 31.5 Å². The van der Waals surface area contributed by atoms with E-state index in [0.29, 0.717) is 53.1 Å². The predicted octanol–water partition coefficient (Wildman–Crippen LogP) is 19.5. The molecule has 2 saturated carbocycles. The molecule has 2 bridgehead atoms. The van der Waals surface area contributed by atoms with E-state index in [2.05, 4.69) is 4.18 Å². The van der Waals surface area contributed by atoms with E-state index in [4.69, 9.17) is 56.8 Å². The number of hydrogen-bond acceptors (Lipinski definition) is 25. The number of aryl methyl sites for hydroxylation is 1. The average molecular weight is 1630 g/mol. The van der Waals surface area contributed by atoms with Gasteiger partial charge < -0.3 is 70.1 Å². The van der Waals surface area contributed by atoms with E-state index in [9.17, 15) is 55.3 Å². The zero-order valence-electron chi connectivity index (χ0n) is 66.9. The van der Waals surface area contributed by atoms with E-state index in [-0.39, 0.29) is 17.1 Å². The van der Waals surface area contributed by atoms with Gasteiger partial charge in [0.2, 0.25) is 0 Å². The van der Waals surface area contributed by atoms with Gasteiger partial charge in [0.05, 0.1) is 37.7 Å². The Balaban J connectivity index is 0.000000264. The molecule has 0 saturated heterocycles. The summed E-state index contributed by atoms with van der Waals surface area (Å²) in [6, 6.07) is 49.4. The van der Waals surface area contributed by atoms with Crippen LogP contribution in [0.15, 0.2) is 199 Å². The van der Waals surface area contributed by atoms with Crippen molar-refractivity contribution >= 4 is 86.0 Å². The molecule has 606 valence electrons. The second-order valence-corrected chi connectivity index (χ2v) is 38.3. The van der Waals surface area contributed by atoms with Crippen molar-refractivity contribution in [3.63, 3.8) is 0 Å². The molecule has 7 aromatic carbocycles. The number of rotatable bonds is 16. The summed E-state index contributed by atoms with van der Waals surface area (Å²) in [4.78, 5) is 90.1. The second-order valence-electron chi connectivity index (χ2n) is 32.3. The Morgan fingerprint density at radius 2 is 0.598 bits per heavy atom. The van der Waals surface area contributed by atoms with Crippen molar-refractivity contribution in [2.24, 2.45) is 16.7 Å². The van der Waals surface area contributed by atoms with Crippen LogP contribution in [-0.4, -0.2) is 104 Å². The van der Waals surface area contributed by atoms with Crippen molar-refractivity contribution in [3.8, 4) is 40.2 Å². The van der Waals surface area contributed by atoms with E-state index in [0.717, 1.165) is 41.4 Å². The lowest BCUT2D eigenvalue weighted by atomic mass is 9.70. The van der Waals surface area contributed by atoms with E-state index < -0.39 is 125 Å². The molecule has 3 unspecified atom stereocenters. The second kappa shape index (κ2) is 37.8. The van der Waals surface area contributed by atoms with Crippen LogP contribution in [0, 0.1) is 23.7 Å². The maximum atomic E-state index is 12.1. The molecular weight excluding hydrogens is 1530 g/mol. The Hall–Kier alpha value is -9.65. The van der Waals surface area contributed by atoms with Crippen LogP contribution in [0.25, 0.3) is 0 Å². The Morgan fingerprint density at radius 3 is 0.759 bits per heavy atom. The third-order valence-electron chi connectivity index (χ3n) is 15.6. The molecule has 2 fully saturated rings. The normalized spacial score (nSPS) is 15.5. The fourth-order valence-corrected chi connectivity index (χ4v) is 16.6. The molecule has 0 amide bonds. The van der Waals surface area contributed by atoms with Gasteiger partial charge in [-0.25, -0.2) is 41.4 Å². The third-order valence-corrected chi connectivity index (χ3v) is 21.3. The first-order valence-corrected chi connectivity index (χ1v) is 40.5. The minimum absolute atomic E-state index is 0.0248. The van der Waals surface area contributed by atoms with Crippen LogP contribution in [0.1, 0.15) is 163 Å². The monoisotopic (exact) mass is 1620 g/mol. The number of benzene rings is 7. The number of ether oxygens (including phenoxy) is 12. The molecule has 2 aliphatic carbocycles. The van der Waals surface area contributed by atoms with Crippen LogP contribution in [-0.2, 0) is 76.5 Å². The van der Waals surface area contributed by atoms with Crippen molar-refractivity contribution in [3.05, 3.63) is 175 Å². The molecule has 7 aromatic rings. The molecule has 9 rings (SSSR count). The van der Waals surface area contributed by atoms with Gasteiger partial charge in [0.15, 0.2) is 29.4 Å². The lowest BCUT2D eigenvalue weighted by Gasteiger charge is -2.37. The van der Waals surface area contributed by atoms with Crippen molar-refractivity contribution in [1.82, 2.24) is 0 Å². The standard InChI is InChI=1S/2C33H39O9S.C10H16O4S.C7H8O3S/c2*1-31(2,3)40-28(34)37-22-10-16-25(17-11-22)43(26-18-12-23(13-19-26)38-29(35)41-32(4,5)6)27-20-14-24(15-21-27)39-30(36)42-33(7,8)9;1-9(2)7-3-4-10(9,8(11)5-7)6-15(12,13)14;1-6-2-4-7(5-3-6)10-11(8)9/h2*10-21H,1-9H3;7H,3-6H2,1-2H3,(H,12,13,14);2-5H,1H3,(H,8,9)/q2*+1;;/p-2. The quantitative estimate of drug-likeness (QED) is 0.0217. The number of ketones is 1. The summed E-state index contributed by atoms with van der Waals surface area (Å²) in [6.45, 7) is 37.4. The van der Waals surface area contributed by atoms with Gasteiger partial charge in [0.1, 0.15) is 91.0 Å². The first-order chi connectivity index (χ1) is 51.6. The summed E-state index contributed by atoms with van der Waals surface area (Å²) in [6.07, 6.45) is -2.87. The van der Waals surface area contributed by atoms with E-state index in [1.54, 1.807) is 222 Å². The van der Waals surface area contributed by atoms with Gasteiger partial charge in [-0.15, -0.1) is 0 Å². The highest BCUT2D eigenvalue weighted by molar-refractivity contribution is 7.97. The molecule has 3 atom stereocenters. The van der Waals surface area contributed by atoms with Gasteiger partial charge in [-0.05, 0) is 313 Å². The van der Waals surface area contributed by atoms with Crippen LogP contribution in [0.3, 0.4) is 0 Å². The van der Waals surface area contributed by atoms with E-state index in [1.165, 1.54) is 0 Å². The molecule has 112 heavy (non-hydrogen) atoms. The molecule has 0 N–H and O–H groups in total. The summed E-state index contributed by atoms with van der Waals surface area (Å²) in [5, 5.41) is 0. The van der Waals surface area contributed by atoms with Crippen LogP contribution >= 0.6 is 0 Å². The van der Waals surface area contributed by atoms with Crippen molar-refractivity contribution in [1.29, 1.82) is 0 Å². The zero-order chi connectivity index (χ0) is 83.8. The highest BCUT2D eigenvalue weighted by Gasteiger charge is 2.64. The minimum Gasteiger partial charge on any atom is -0.748 e. The first kappa shape index (κ1) is 91.2. The van der Waals surface area contributed by atoms with Crippen LogP contribution in [0.5, 0.6) is 40.2 Å². The fourth-order valence-electron chi connectivity index (χ4n) is 11.0. The summed E-state index contributed by atoms with van der Waals surface area (Å²) in [5.41, 5.74) is -4.23. The maximum Gasteiger partial charge on any atom is 0.514 e. The SMILES string of the molecule is CC(C)(C)OC(=O)Oc1ccc([S+](c2ccc(OC(=O)OC(C)(C)C)cc2)c2ccc(OC(=O)OC(C)(C)C)cc2)cc1.CC(C)(C)OC(=O)Oc1ccc([S+](c2ccc(OC(=O)OC(C)(C)C)cc2)c2ccc(OC(=O)OC(C)(C)C)cc2)cc1.CC1(C)C2CCC1(CS(=O)(=O)[O-])C(=O)C2.Cc1ccc(OS(=O)[O-])cc1. The summed E-state index contributed by atoms with van der Waals surface area (Å²) < 4.78 is 121. The summed E-state index contributed by atoms with van der Waals surface area (Å²) >= 11 is -2.47. The Labute approximate surface area is 664 Å². The number of fused-ring (bicyclic) bond motifs is 2. The molecule has 29 heteroatoms. The molecule has 0 aliphatic heterocycles. The fraction of sp³-hybridized carbons (Fsp3) is 0.410. The van der Waals surface area contributed by atoms with E-state index >= 15 is 0 Å². The number of Topliss-reactive ketones (excluding diaryl/α,β-unsaturated/α-hetero) is 1. The zero-order valence-corrected chi connectivity index (χ0v) is 70.2. The molecule has 0 radical (unpaired) electrons. The number of carbonyl (C=O) groups excluding carboxylic acids is 7. The lowest BCUT2D eigenvalue weighted by molar-refractivity contribution is -0.128.